The van der Waals surface area contributed by atoms with Crippen LogP contribution in [0.4, 0.5) is 13.2 Å². The van der Waals surface area contributed by atoms with Crippen molar-refractivity contribution < 1.29 is 13.2 Å². The molecule has 0 bridgehead atoms. The molecule has 180 valence electrons. The van der Waals surface area contributed by atoms with Crippen molar-refractivity contribution in [2.75, 3.05) is 0 Å². The van der Waals surface area contributed by atoms with Crippen LogP contribution in [-0.2, 0) is 0 Å². The Balaban J connectivity index is 1.21. The molecule has 3 fully saturated rings. The van der Waals surface area contributed by atoms with Gasteiger partial charge >= 0.3 is 0 Å². The fourth-order valence-electron chi connectivity index (χ4n) is 7.45. The first-order valence-corrected chi connectivity index (χ1v) is 13.7. The van der Waals surface area contributed by atoms with Crippen LogP contribution >= 0.6 is 0 Å². The molecule has 0 N–H and O–H groups in total. The van der Waals surface area contributed by atoms with E-state index in [1.165, 1.54) is 102 Å². The molecule has 0 heterocycles. The average molecular weight is 449 g/mol. The second-order valence-corrected chi connectivity index (χ2v) is 11.4. The topological polar surface area (TPSA) is 0 Å². The number of fused-ring (bicyclic) bond motifs is 1. The van der Waals surface area contributed by atoms with E-state index in [9.17, 15) is 13.2 Å². The van der Waals surface area contributed by atoms with Crippen LogP contribution in [0.25, 0.3) is 0 Å². The second kappa shape index (κ2) is 11.4. The highest BCUT2D eigenvalue weighted by atomic mass is 19.2. The van der Waals surface area contributed by atoms with Crippen molar-refractivity contribution in [2.24, 2.45) is 29.6 Å². The van der Waals surface area contributed by atoms with E-state index < -0.39 is 17.5 Å². The average Bonchev–Trinajstić information content (AvgIpc) is 2.82. The lowest BCUT2D eigenvalue weighted by molar-refractivity contribution is 0.0709. The van der Waals surface area contributed by atoms with Crippen LogP contribution in [0.2, 0.25) is 0 Å². The third kappa shape index (κ3) is 5.92. The SMILES string of the molecule is CCCCCCCC1CCC(C2CCC3CC(c4cc(F)c(F)c(F)c4)CCC3C2)CC1. The van der Waals surface area contributed by atoms with Crippen molar-refractivity contribution in [1.29, 1.82) is 0 Å². The van der Waals surface area contributed by atoms with E-state index >= 15 is 0 Å². The molecule has 0 aliphatic heterocycles. The molecule has 0 amide bonds. The fourth-order valence-corrected chi connectivity index (χ4v) is 7.45. The maximum atomic E-state index is 13.7. The van der Waals surface area contributed by atoms with Gasteiger partial charge in [-0.1, -0.05) is 58.3 Å². The summed E-state index contributed by atoms with van der Waals surface area (Å²) >= 11 is 0. The molecule has 1 aromatic rings. The van der Waals surface area contributed by atoms with Gasteiger partial charge in [-0.05, 0) is 105 Å². The molecule has 4 unspecified atom stereocenters. The smallest absolute Gasteiger partial charge is 0.194 e. The first-order valence-electron chi connectivity index (χ1n) is 13.7. The minimum absolute atomic E-state index is 0.185. The molecule has 0 spiro atoms. The zero-order chi connectivity index (χ0) is 22.5. The van der Waals surface area contributed by atoms with Crippen LogP contribution in [0.5, 0.6) is 0 Å². The first-order chi connectivity index (χ1) is 15.5. The van der Waals surface area contributed by atoms with Crippen LogP contribution < -0.4 is 0 Å². The van der Waals surface area contributed by atoms with Gasteiger partial charge < -0.3 is 0 Å². The third-order valence-corrected chi connectivity index (χ3v) is 9.41. The molecule has 3 saturated carbocycles. The molecule has 32 heavy (non-hydrogen) atoms. The van der Waals surface area contributed by atoms with E-state index in [-0.39, 0.29) is 5.92 Å². The number of hydrogen-bond donors (Lipinski definition) is 0. The van der Waals surface area contributed by atoms with Crippen LogP contribution in [0.3, 0.4) is 0 Å². The lowest BCUT2D eigenvalue weighted by Gasteiger charge is -2.45. The molecule has 3 aliphatic rings. The van der Waals surface area contributed by atoms with Gasteiger partial charge in [-0.2, -0.15) is 0 Å². The Morgan fingerprint density at radius 3 is 1.91 bits per heavy atom. The van der Waals surface area contributed by atoms with Gasteiger partial charge in [-0.25, -0.2) is 13.2 Å². The van der Waals surface area contributed by atoms with E-state index in [0.29, 0.717) is 11.5 Å². The van der Waals surface area contributed by atoms with E-state index in [1.54, 1.807) is 0 Å². The number of halogens is 3. The maximum Gasteiger partial charge on any atom is 0.194 e. The number of benzene rings is 1. The molecule has 1 aromatic carbocycles. The van der Waals surface area contributed by atoms with Gasteiger partial charge in [0.1, 0.15) is 0 Å². The number of unbranched alkanes of at least 4 members (excludes halogenated alkanes) is 4. The van der Waals surface area contributed by atoms with Gasteiger partial charge in [0, 0.05) is 0 Å². The van der Waals surface area contributed by atoms with Gasteiger partial charge in [0.2, 0.25) is 0 Å². The van der Waals surface area contributed by atoms with Gasteiger partial charge in [0.05, 0.1) is 0 Å². The molecule has 0 radical (unpaired) electrons. The Bertz CT molecular complexity index is 698. The summed E-state index contributed by atoms with van der Waals surface area (Å²) in [6.45, 7) is 2.29. The number of hydrogen-bond acceptors (Lipinski definition) is 0. The highest BCUT2D eigenvalue weighted by molar-refractivity contribution is 5.24. The minimum atomic E-state index is -1.34. The zero-order valence-electron chi connectivity index (χ0n) is 20.1. The lowest BCUT2D eigenvalue weighted by atomic mass is 9.60. The molecule has 4 rings (SSSR count). The maximum absolute atomic E-state index is 13.7. The quantitative estimate of drug-likeness (QED) is 0.274. The van der Waals surface area contributed by atoms with Crippen LogP contribution in [0.15, 0.2) is 12.1 Å². The van der Waals surface area contributed by atoms with Crippen molar-refractivity contribution in [1.82, 2.24) is 0 Å². The van der Waals surface area contributed by atoms with E-state index in [1.807, 2.05) is 0 Å². The van der Waals surface area contributed by atoms with Crippen molar-refractivity contribution in [3.05, 3.63) is 35.1 Å². The van der Waals surface area contributed by atoms with E-state index in [4.69, 9.17) is 0 Å². The summed E-state index contributed by atoms with van der Waals surface area (Å²) in [6, 6.07) is 2.47. The Kier molecular flexibility index (Phi) is 8.62. The fraction of sp³-hybridized carbons (Fsp3) is 0.793. The Labute approximate surface area is 193 Å². The van der Waals surface area contributed by atoms with E-state index in [2.05, 4.69) is 6.92 Å². The Morgan fingerprint density at radius 2 is 1.22 bits per heavy atom. The predicted octanol–water partition coefficient (Wildman–Crippen LogP) is 9.57. The second-order valence-electron chi connectivity index (χ2n) is 11.4. The van der Waals surface area contributed by atoms with Crippen LogP contribution in [0.1, 0.15) is 121 Å². The summed E-state index contributed by atoms with van der Waals surface area (Å²) in [7, 11) is 0. The minimum Gasteiger partial charge on any atom is -0.204 e. The zero-order valence-corrected chi connectivity index (χ0v) is 20.1. The summed E-state index contributed by atoms with van der Waals surface area (Å²) in [6.07, 6.45) is 21.4. The molecule has 4 atom stereocenters. The summed E-state index contributed by atoms with van der Waals surface area (Å²) in [5.74, 6) is 1.06. The van der Waals surface area contributed by atoms with Crippen LogP contribution in [-0.4, -0.2) is 0 Å². The third-order valence-electron chi connectivity index (χ3n) is 9.41. The van der Waals surface area contributed by atoms with Crippen molar-refractivity contribution in [2.45, 2.75) is 116 Å². The Morgan fingerprint density at radius 1 is 0.656 bits per heavy atom. The van der Waals surface area contributed by atoms with Crippen molar-refractivity contribution >= 4 is 0 Å². The summed E-state index contributed by atoms with van der Waals surface area (Å²) in [4.78, 5) is 0. The van der Waals surface area contributed by atoms with Gasteiger partial charge in [0.25, 0.3) is 0 Å². The molecular weight excluding hydrogens is 405 g/mol. The highest BCUT2D eigenvalue weighted by Gasteiger charge is 2.39. The molecule has 0 aromatic heterocycles. The molecule has 3 heteroatoms. The lowest BCUT2D eigenvalue weighted by Crippen LogP contribution is -2.34. The van der Waals surface area contributed by atoms with Crippen molar-refractivity contribution in [3.8, 4) is 0 Å². The normalized spacial score (nSPS) is 33.1. The monoisotopic (exact) mass is 448 g/mol. The molecule has 3 aliphatic carbocycles. The summed E-state index contributed by atoms with van der Waals surface area (Å²) < 4.78 is 40.8. The number of rotatable bonds is 8. The van der Waals surface area contributed by atoms with Crippen LogP contribution in [0, 0.1) is 47.0 Å². The first kappa shape index (κ1) is 24.1. The van der Waals surface area contributed by atoms with Gasteiger partial charge in [0.15, 0.2) is 17.5 Å². The predicted molar refractivity (Wildman–Crippen MR) is 126 cm³/mol. The van der Waals surface area contributed by atoms with Crippen molar-refractivity contribution in [3.63, 3.8) is 0 Å². The summed E-state index contributed by atoms with van der Waals surface area (Å²) in [5, 5.41) is 0. The molecule has 0 nitrogen and oxygen atoms in total. The summed E-state index contributed by atoms with van der Waals surface area (Å²) in [5.41, 5.74) is 0.662. The molecule has 0 saturated heterocycles. The Hall–Kier alpha value is -0.990. The standard InChI is InChI=1S/C29H43F3/c1-2-3-4-5-6-7-20-8-10-21(11-9-20)22-12-13-24-17-25(15-14-23(24)16-22)26-18-27(30)29(32)28(31)19-26/h18-25H,2-17H2,1H3. The van der Waals surface area contributed by atoms with Gasteiger partial charge in [-0.3, -0.25) is 0 Å². The van der Waals surface area contributed by atoms with E-state index in [0.717, 1.165) is 36.5 Å². The van der Waals surface area contributed by atoms with Gasteiger partial charge in [-0.15, -0.1) is 0 Å². The molecular formula is C29H43F3. The highest BCUT2D eigenvalue weighted by Crippen LogP contribution is 2.51. The largest absolute Gasteiger partial charge is 0.204 e.